The Hall–Kier alpha value is -0.940. The Kier molecular flexibility index (Phi) is 4.35. The molecule has 2 rings (SSSR count). The van der Waals surface area contributed by atoms with Crippen LogP contribution >= 0.6 is 0 Å². The van der Waals surface area contributed by atoms with Gasteiger partial charge in [-0.05, 0) is 37.5 Å². The van der Waals surface area contributed by atoms with E-state index in [-0.39, 0.29) is 6.61 Å². The van der Waals surface area contributed by atoms with Crippen LogP contribution in [0.4, 0.5) is 0 Å². The topological polar surface area (TPSA) is 85.2 Å². The SMILES string of the molecule is CC(C)C1CCC(c2noc([C@H](N)CO)n2)CC1. The van der Waals surface area contributed by atoms with E-state index in [2.05, 4.69) is 24.0 Å². The van der Waals surface area contributed by atoms with Gasteiger partial charge in [0.15, 0.2) is 5.82 Å². The van der Waals surface area contributed by atoms with Crippen LogP contribution < -0.4 is 5.73 Å². The molecule has 0 amide bonds. The minimum absolute atomic E-state index is 0.165. The second kappa shape index (κ2) is 5.80. The Balaban J connectivity index is 1.95. The summed E-state index contributed by atoms with van der Waals surface area (Å²) in [4.78, 5) is 4.31. The van der Waals surface area contributed by atoms with Crippen LogP contribution in [0.1, 0.15) is 63.2 Å². The van der Waals surface area contributed by atoms with Crippen molar-refractivity contribution in [1.82, 2.24) is 10.1 Å². The van der Waals surface area contributed by atoms with Crippen LogP contribution in [0.15, 0.2) is 4.52 Å². The first-order valence-corrected chi connectivity index (χ1v) is 6.81. The molecule has 5 nitrogen and oxygen atoms in total. The van der Waals surface area contributed by atoms with Crippen molar-refractivity contribution in [3.05, 3.63) is 11.7 Å². The van der Waals surface area contributed by atoms with E-state index in [1.807, 2.05) is 0 Å². The molecular formula is C13H23N3O2. The third-order valence-electron chi connectivity index (χ3n) is 4.05. The Bertz CT molecular complexity index is 370. The van der Waals surface area contributed by atoms with Crippen LogP contribution in [0.25, 0.3) is 0 Å². The highest BCUT2D eigenvalue weighted by molar-refractivity contribution is 5.00. The molecule has 102 valence electrons. The summed E-state index contributed by atoms with van der Waals surface area (Å²) >= 11 is 0. The van der Waals surface area contributed by atoms with Crippen molar-refractivity contribution < 1.29 is 9.63 Å². The molecule has 0 saturated heterocycles. The highest BCUT2D eigenvalue weighted by atomic mass is 16.5. The zero-order valence-electron chi connectivity index (χ0n) is 11.2. The van der Waals surface area contributed by atoms with Gasteiger partial charge in [0, 0.05) is 5.92 Å². The standard InChI is InChI=1S/C13H23N3O2/c1-8(2)9-3-5-10(6-4-9)12-15-13(18-16-12)11(14)7-17/h8-11,17H,3-7,14H2,1-2H3/t9?,10?,11-/m1/s1. The van der Waals surface area contributed by atoms with Crippen molar-refractivity contribution in [3.8, 4) is 0 Å². The largest absolute Gasteiger partial charge is 0.394 e. The summed E-state index contributed by atoms with van der Waals surface area (Å²) < 4.78 is 5.10. The van der Waals surface area contributed by atoms with Crippen molar-refractivity contribution >= 4 is 0 Å². The molecule has 1 aliphatic carbocycles. The lowest BCUT2D eigenvalue weighted by atomic mass is 9.77. The Morgan fingerprint density at radius 2 is 2.00 bits per heavy atom. The monoisotopic (exact) mass is 253 g/mol. The van der Waals surface area contributed by atoms with Gasteiger partial charge in [-0.2, -0.15) is 4.98 Å². The second-order valence-corrected chi connectivity index (χ2v) is 5.64. The zero-order valence-corrected chi connectivity index (χ0v) is 11.2. The highest BCUT2D eigenvalue weighted by Crippen LogP contribution is 2.37. The minimum atomic E-state index is -0.557. The summed E-state index contributed by atoms with van der Waals surface area (Å²) in [6.45, 7) is 4.41. The molecule has 1 saturated carbocycles. The lowest BCUT2D eigenvalue weighted by Crippen LogP contribution is -2.18. The van der Waals surface area contributed by atoms with Crippen molar-refractivity contribution in [3.63, 3.8) is 0 Å². The fraction of sp³-hybridized carbons (Fsp3) is 0.846. The first-order chi connectivity index (χ1) is 8.61. The van der Waals surface area contributed by atoms with E-state index in [1.54, 1.807) is 0 Å². The molecule has 1 atom stereocenters. The average Bonchev–Trinajstić information content (AvgIpc) is 2.87. The van der Waals surface area contributed by atoms with Gasteiger partial charge in [0.2, 0.25) is 5.89 Å². The maximum atomic E-state index is 8.95. The van der Waals surface area contributed by atoms with Gasteiger partial charge in [-0.25, -0.2) is 0 Å². The number of nitrogens with two attached hydrogens (primary N) is 1. The molecule has 0 aliphatic heterocycles. The molecule has 0 unspecified atom stereocenters. The first kappa shape index (κ1) is 13.5. The molecule has 3 N–H and O–H groups in total. The maximum Gasteiger partial charge on any atom is 0.245 e. The van der Waals surface area contributed by atoms with Gasteiger partial charge < -0.3 is 15.4 Å². The number of aliphatic hydroxyl groups is 1. The predicted molar refractivity (Wildman–Crippen MR) is 67.8 cm³/mol. The van der Waals surface area contributed by atoms with E-state index in [4.69, 9.17) is 15.4 Å². The summed E-state index contributed by atoms with van der Waals surface area (Å²) in [7, 11) is 0. The molecule has 5 heteroatoms. The van der Waals surface area contributed by atoms with Gasteiger partial charge in [-0.1, -0.05) is 19.0 Å². The van der Waals surface area contributed by atoms with E-state index in [0.717, 1.165) is 30.5 Å². The van der Waals surface area contributed by atoms with Crippen molar-refractivity contribution in [2.45, 2.75) is 51.5 Å². The summed E-state index contributed by atoms with van der Waals surface area (Å²) in [5.41, 5.74) is 5.65. The van der Waals surface area contributed by atoms with Gasteiger partial charge in [0.25, 0.3) is 0 Å². The van der Waals surface area contributed by atoms with E-state index in [0.29, 0.717) is 11.8 Å². The van der Waals surface area contributed by atoms with E-state index in [1.165, 1.54) is 12.8 Å². The van der Waals surface area contributed by atoms with E-state index >= 15 is 0 Å². The van der Waals surface area contributed by atoms with Crippen LogP contribution in [0.5, 0.6) is 0 Å². The quantitative estimate of drug-likeness (QED) is 0.857. The third kappa shape index (κ3) is 2.90. The smallest absolute Gasteiger partial charge is 0.245 e. The summed E-state index contributed by atoms with van der Waals surface area (Å²) in [5.74, 6) is 3.08. The first-order valence-electron chi connectivity index (χ1n) is 6.81. The molecule has 0 radical (unpaired) electrons. The van der Waals surface area contributed by atoms with E-state index < -0.39 is 6.04 Å². The normalized spacial score (nSPS) is 26.5. The Morgan fingerprint density at radius 1 is 1.33 bits per heavy atom. The summed E-state index contributed by atoms with van der Waals surface area (Å²) in [5, 5.41) is 13.0. The molecule has 1 fully saturated rings. The average molecular weight is 253 g/mol. The Morgan fingerprint density at radius 3 is 2.56 bits per heavy atom. The molecule has 0 spiro atoms. The molecule has 18 heavy (non-hydrogen) atoms. The number of aliphatic hydroxyl groups excluding tert-OH is 1. The fourth-order valence-electron chi connectivity index (χ4n) is 2.69. The van der Waals surface area contributed by atoms with Crippen LogP contribution in [-0.4, -0.2) is 21.9 Å². The molecule has 0 bridgehead atoms. The number of hydrogen-bond donors (Lipinski definition) is 2. The number of rotatable bonds is 4. The number of nitrogens with zero attached hydrogens (tertiary/aromatic N) is 2. The summed E-state index contributed by atoms with van der Waals surface area (Å²) in [6, 6.07) is -0.557. The third-order valence-corrected chi connectivity index (χ3v) is 4.05. The van der Waals surface area contributed by atoms with Gasteiger partial charge in [-0.3, -0.25) is 0 Å². The molecule has 1 aliphatic rings. The lowest BCUT2D eigenvalue weighted by Gasteiger charge is -2.29. The maximum absolute atomic E-state index is 8.95. The molecule has 1 aromatic heterocycles. The second-order valence-electron chi connectivity index (χ2n) is 5.64. The molecular weight excluding hydrogens is 230 g/mol. The van der Waals surface area contributed by atoms with Crippen LogP contribution in [0.3, 0.4) is 0 Å². The number of aromatic nitrogens is 2. The Labute approximate surface area is 108 Å². The molecule has 0 aromatic carbocycles. The van der Waals surface area contributed by atoms with Gasteiger partial charge in [0.1, 0.15) is 6.04 Å². The highest BCUT2D eigenvalue weighted by Gasteiger charge is 2.27. The number of hydrogen-bond acceptors (Lipinski definition) is 5. The molecule has 1 aromatic rings. The fourth-order valence-corrected chi connectivity index (χ4v) is 2.69. The molecule has 1 heterocycles. The van der Waals surface area contributed by atoms with Crippen molar-refractivity contribution in [2.75, 3.05) is 6.61 Å². The van der Waals surface area contributed by atoms with Gasteiger partial charge in [-0.15, -0.1) is 0 Å². The van der Waals surface area contributed by atoms with Crippen LogP contribution in [0, 0.1) is 11.8 Å². The minimum Gasteiger partial charge on any atom is -0.394 e. The van der Waals surface area contributed by atoms with Crippen molar-refractivity contribution in [2.24, 2.45) is 17.6 Å². The van der Waals surface area contributed by atoms with E-state index in [9.17, 15) is 0 Å². The van der Waals surface area contributed by atoms with Crippen molar-refractivity contribution in [1.29, 1.82) is 0 Å². The van der Waals surface area contributed by atoms with Gasteiger partial charge >= 0.3 is 0 Å². The zero-order chi connectivity index (χ0) is 13.1. The lowest BCUT2D eigenvalue weighted by molar-refractivity contribution is 0.235. The van der Waals surface area contributed by atoms with Gasteiger partial charge in [0.05, 0.1) is 6.61 Å². The van der Waals surface area contributed by atoms with Crippen LogP contribution in [-0.2, 0) is 0 Å². The summed E-state index contributed by atoms with van der Waals surface area (Å²) in [6.07, 6.45) is 4.71. The van der Waals surface area contributed by atoms with Crippen LogP contribution in [0.2, 0.25) is 0 Å². The predicted octanol–water partition coefficient (Wildman–Crippen LogP) is 1.99.